The minimum Gasteiger partial charge on any atom is -0.392 e. The van der Waals surface area contributed by atoms with Crippen molar-refractivity contribution in [2.24, 2.45) is 0 Å². The third-order valence-corrected chi connectivity index (χ3v) is 8.54. The maximum absolute atomic E-state index is 13.0. The second kappa shape index (κ2) is 15.2. The molecule has 0 saturated carbocycles. The van der Waals surface area contributed by atoms with Gasteiger partial charge in [0.15, 0.2) is 6.29 Å². The minimum absolute atomic E-state index is 0.0247. The molecule has 47 heavy (non-hydrogen) atoms. The van der Waals surface area contributed by atoms with Gasteiger partial charge in [0.1, 0.15) is 6.04 Å². The highest BCUT2D eigenvalue weighted by atomic mass is 19.4. The number of amides is 2. The number of hydrogen-bond acceptors (Lipinski definition) is 6. The normalized spacial score (nSPS) is 21.5. The van der Waals surface area contributed by atoms with Crippen LogP contribution in [0.4, 0.5) is 13.2 Å². The monoisotopic (exact) mass is 651 g/mol. The third kappa shape index (κ3) is 8.66. The van der Waals surface area contributed by atoms with E-state index in [0.29, 0.717) is 24.3 Å². The summed E-state index contributed by atoms with van der Waals surface area (Å²) in [7, 11) is 2.02. The molecule has 5 rings (SSSR count). The van der Waals surface area contributed by atoms with E-state index >= 15 is 0 Å². The van der Waals surface area contributed by atoms with Crippen molar-refractivity contribution in [3.8, 4) is 11.1 Å². The van der Waals surface area contributed by atoms with Gasteiger partial charge in [0.2, 0.25) is 5.91 Å². The van der Waals surface area contributed by atoms with Gasteiger partial charge in [-0.1, -0.05) is 72.8 Å². The molecule has 11 heteroatoms. The summed E-state index contributed by atoms with van der Waals surface area (Å²) in [5, 5.41) is 12.2. The number of likely N-dealkylation sites (N-methyl/N-ethyl adjacent to an activating group) is 1. The largest absolute Gasteiger partial charge is 0.471 e. The fourth-order valence-corrected chi connectivity index (χ4v) is 6.12. The molecule has 4 atom stereocenters. The van der Waals surface area contributed by atoms with Crippen molar-refractivity contribution in [2.75, 3.05) is 26.7 Å². The van der Waals surface area contributed by atoms with Gasteiger partial charge in [0, 0.05) is 38.2 Å². The predicted octanol–water partition coefficient (Wildman–Crippen LogP) is 5.68. The van der Waals surface area contributed by atoms with E-state index in [1.165, 1.54) is 0 Å². The first-order chi connectivity index (χ1) is 22.5. The van der Waals surface area contributed by atoms with E-state index in [0.717, 1.165) is 39.9 Å². The van der Waals surface area contributed by atoms with Crippen molar-refractivity contribution < 1.29 is 37.3 Å². The number of nitrogens with zero attached hydrogens (tertiary/aromatic N) is 2. The number of hydrogen-bond donors (Lipinski definition) is 2. The Bertz CT molecular complexity index is 1530. The topological polar surface area (TPSA) is 91.3 Å². The Morgan fingerprint density at radius 1 is 1.02 bits per heavy atom. The van der Waals surface area contributed by atoms with Gasteiger partial charge < -0.3 is 29.7 Å². The SMILES string of the molecule is C=CCN(C)C[C@@H]1C[C@H](c2ccc(CO)cc2)O[C@H](c2ccc(-c3cccc(CNC(=O)[C@@H]4CCCN4C(=O)C(F)(F)F)c3)cc2)O1. The summed E-state index contributed by atoms with van der Waals surface area (Å²) in [6.07, 6.45) is -2.83. The van der Waals surface area contributed by atoms with Crippen molar-refractivity contribution in [3.63, 3.8) is 0 Å². The van der Waals surface area contributed by atoms with E-state index in [1.54, 1.807) is 0 Å². The Kier molecular flexibility index (Phi) is 11.1. The molecule has 0 aromatic heterocycles. The summed E-state index contributed by atoms with van der Waals surface area (Å²) >= 11 is 0. The number of alkyl halides is 3. The lowest BCUT2D eigenvalue weighted by molar-refractivity contribution is -0.252. The second-order valence-electron chi connectivity index (χ2n) is 12.1. The van der Waals surface area contributed by atoms with Crippen LogP contribution in [0.15, 0.2) is 85.5 Å². The summed E-state index contributed by atoms with van der Waals surface area (Å²) < 4.78 is 51.8. The molecular formula is C36H40F3N3O5. The molecule has 3 aromatic rings. The first-order valence-corrected chi connectivity index (χ1v) is 15.7. The van der Waals surface area contributed by atoms with Gasteiger partial charge in [-0.05, 0) is 53.8 Å². The number of benzene rings is 3. The summed E-state index contributed by atoms with van der Waals surface area (Å²) in [5.41, 5.74) is 5.30. The lowest BCUT2D eigenvalue weighted by Gasteiger charge is -2.37. The third-order valence-electron chi connectivity index (χ3n) is 8.54. The minimum atomic E-state index is -5.01. The quantitative estimate of drug-likeness (QED) is 0.260. The Hall–Kier alpha value is -4.03. The number of aliphatic hydroxyl groups excluding tert-OH is 1. The van der Waals surface area contributed by atoms with Crippen LogP contribution in [-0.2, 0) is 32.2 Å². The van der Waals surface area contributed by atoms with Crippen LogP contribution < -0.4 is 5.32 Å². The number of halogens is 3. The standard InChI is InChI=1S/C36H40F3N3O5/c1-3-17-41(2)22-30-20-32(27-11-9-24(23-43)10-12-27)47-34(46-30)28-15-13-26(14-16-28)29-7-4-6-25(19-29)21-40-33(44)31-8-5-18-42(31)35(45)36(37,38)39/h3-4,6-7,9-16,19,30-32,34,43H,1,5,8,17-18,20-23H2,2H3,(H,40,44)/t30-,31-,32+,34+/m0/s1. The summed E-state index contributed by atoms with van der Waals surface area (Å²) in [4.78, 5) is 27.3. The zero-order valence-corrected chi connectivity index (χ0v) is 26.3. The Morgan fingerprint density at radius 2 is 1.74 bits per heavy atom. The van der Waals surface area contributed by atoms with E-state index in [2.05, 4.69) is 16.8 Å². The van der Waals surface area contributed by atoms with Crippen LogP contribution in [0.3, 0.4) is 0 Å². The zero-order valence-electron chi connectivity index (χ0n) is 26.3. The molecule has 2 saturated heterocycles. The van der Waals surface area contributed by atoms with Gasteiger partial charge in [0.05, 0.1) is 18.8 Å². The average molecular weight is 652 g/mol. The highest BCUT2D eigenvalue weighted by Crippen LogP contribution is 2.38. The first-order valence-electron chi connectivity index (χ1n) is 15.7. The van der Waals surface area contributed by atoms with Crippen LogP contribution in [0.2, 0.25) is 0 Å². The van der Waals surface area contributed by atoms with Gasteiger partial charge in [-0.25, -0.2) is 0 Å². The van der Waals surface area contributed by atoms with Crippen LogP contribution in [0.25, 0.3) is 11.1 Å². The zero-order chi connectivity index (χ0) is 33.6. The smallest absolute Gasteiger partial charge is 0.392 e. The molecule has 0 bridgehead atoms. The first kappa shape index (κ1) is 34.3. The number of carbonyl (C=O) groups excluding carboxylic acids is 2. The fourth-order valence-electron chi connectivity index (χ4n) is 6.12. The molecule has 2 N–H and O–H groups in total. The van der Waals surface area contributed by atoms with Crippen LogP contribution >= 0.6 is 0 Å². The van der Waals surface area contributed by atoms with Crippen molar-refractivity contribution in [2.45, 2.75) is 63.1 Å². The summed E-state index contributed by atoms with van der Waals surface area (Å²) in [6, 6.07) is 22.0. The molecule has 2 amide bonds. The van der Waals surface area contributed by atoms with E-state index in [4.69, 9.17) is 9.47 Å². The molecule has 0 radical (unpaired) electrons. The Balaban J connectivity index is 1.26. The Morgan fingerprint density at radius 3 is 2.43 bits per heavy atom. The van der Waals surface area contributed by atoms with Gasteiger partial charge in [-0.3, -0.25) is 9.59 Å². The lowest BCUT2D eigenvalue weighted by Crippen LogP contribution is -2.50. The van der Waals surface area contributed by atoms with Crippen molar-refractivity contribution in [1.29, 1.82) is 0 Å². The molecule has 3 aromatic carbocycles. The van der Waals surface area contributed by atoms with E-state index in [9.17, 15) is 27.9 Å². The molecule has 2 fully saturated rings. The van der Waals surface area contributed by atoms with Crippen molar-refractivity contribution >= 4 is 11.8 Å². The van der Waals surface area contributed by atoms with Crippen LogP contribution in [0, 0.1) is 0 Å². The lowest BCUT2D eigenvalue weighted by atomic mass is 9.99. The number of ether oxygens (including phenoxy) is 2. The molecule has 0 aliphatic carbocycles. The van der Waals surface area contributed by atoms with E-state index < -0.39 is 30.3 Å². The van der Waals surface area contributed by atoms with E-state index in [1.807, 2.05) is 85.9 Å². The molecule has 2 aliphatic heterocycles. The van der Waals surface area contributed by atoms with Crippen LogP contribution in [0.1, 0.15) is 53.9 Å². The fraction of sp³-hybridized carbons (Fsp3) is 0.389. The molecular weight excluding hydrogens is 611 g/mol. The molecule has 2 aliphatic rings. The van der Waals surface area contributed by atoms with Crippen LogP contribution in [0.5, 0.6) is 0 Å². The van der Waals surface area contributed by atoms with Crippen molar-refractivity contribution in [3.05, 3.63) is 108 Å². The molecule has 0 unspecified atom stereocenters. The molecule has 0 spiro atoms. The van der Waals surface area contributed by atoms with Gasteiger partial charge in [-0.2, -0.15) is 13.2 Å². The van der Waals surface area contributed by atoms with Gasteiger partial charge >= 0.3 is 12.1 Å². The maximum Gasteiger partial charge on any atom is 0.471 e. The molecule has 8 nitrogen and oxygen atoms in total. The van der Waals surface area contributed by atoms with Crippen molar-refractivity contribution in [1.82, 2.24) is 15.1 Å². The highest BCUT2D eigenvalue weighted by molar-refractivity contribution is 5.90. The Labute approximate surface area is 272 Å². The second-order valence-corrected chi connectivity index (χ2v) is 12.1. The predicted molar refractivity (Wildman–Crippen MR) is 171 cm³/mol. The number of nitrogens with one attached hydrogen (secondary N) is 1. The summed E-state index contributed by atoms with van der Waals surface area (Å²) in [6.45, 7) is 5.26. The van der Waals surface area contributed by atoms with Gasteiger partial charge in [-0.15, -0.1) is 6.58 Å². The maximum atomic E-state index is 13.0. The van der Waals surface area contributed by atoms with Crippen LogP contribution in [-0.4, -0.2) is 71.7 Å². The number of carbonyl (C=O) groups is 2. The number of likely N-dealkylation sites (tertiary alicyclic amines) is 1. The van der Waals surface area contributed by atoms with E-state index in [-0.39, 0.29) is 38.3 Å². The molecule has 2 heterocycles. The molecule has 250 valence electrons. The number of aliphatic hydroxyl groups is 1. The van der Waals surface area contributed by atoms with Gasteiger partial charge in [0.25, 0.3) is 0 Å². The summed E-state index contributed by atoms with van der Waals surface area (Å²) in [5.74, 6) is -2.58. The highest BCUT2D eigenvalue weighted by Gasteiger charge is 2.47. The number of rotatable bonds is 11. The average Bonchev–Trinajstić information content (AvgIpc) is 3.57.